The summed E-state index contributed by atoms with van der Waals surface area (Å²) in [6, 6.07) is 23.2. The molecule has 0 radical (unpaired) electrons. The highest BCUT2D eigenvalue weighted by Crippen LogP contribution is 2.25. The van der Waals surface area contributed by atoms with Gasteiger partial charge in [-0.1, -0.05) is 79.1 Å². The van der Waals surface area contributed by atoms with E-state index in [2.05, 4.69) is 5.32 Å². The molecule has 0 saturated heterocycles. The van der Waals surface area contributed by atoms with Crippen LogP contribution in [0.3, 0.4) is 0 Å². The first-order valence-electron chi connectivity index (χ1n) is 13.9. The quantitative estimate of drug-likeness (QED) is 0.343. The minimum Gasteiger partial charge on any atom is -0.497 e. The molecule has 3 aromatic rings. The van der Waals surface area contributed by atoms with Crippen molar-refractivity contribution < 1.29 is 22.7 Å². The van der Waals surface area contributed by atoms with E-state index in [1.165, 1.54) is 12.0 Å². The van der Waals surface area contributed by atoms with E-state index in [1.807, 2.05) is 61.5 Å². The molecule has 1 saturated carbocycles. The van der Waals surface area contributed by atoms with E-state index in [-0.39, 0.29) is 18.5 Å². The largest absolute Gasteiger partial charge is 0.497 e. The van der Waals surface area contributed by atoms with Crippen molar-refractivity contribution in [1.29, 1.82) is 0 Å². The number of sulfonamides is 1. The van der Waals surface area contributed by atoms with Crippen LogP contribution in [0.5, 0.6) is 5.75 Å². The van der Waals surface area contributed by atoms with Gasteiger partial charge in [0.25, 0.3) is 0 Å². The third kappa shape index (κ3) is 8.33. The summed E-state index contributed by atoms with van der Waals surface area (Å²) in [5.74, 6) is -0.229. The second-order valence-corrected chi connectivity index (χ2v) is 12.6. The number of carbonyl (C=O) groups excluding carboxylic acids is 2. The van der Waals surface area contributed by atoms with Gasteiger partial charge in [-0.2, -0.15) is 0 Å². The van der Waals surface area contributed by atoms with Crippen molar-refractivity contribution in [2.24, 2.45) is 0 Å². The van der Waals surface area contributed by atoms with E-state index < -0.39 is 28.5 Å². The number of nitrogens with zero attached hydrogens (tertiary/aromatic N) is 2. The summed E-state index contributed by atoms with van der Waals surface area (Å²) < 4.78 is 32.2. The molecule has 218 valence electrons. The summed E-state index contributed by atoms with van der Waals surface area (Å²) in [5.41, 5.74) is 3.15. The maximum Gasteiger partial charge on any atom is 0.244 e. The molecule has 9 heteroatoms. The molecule has 4 rings (SSSR count). The topological polar surface area (TPSA) is 96.0 Å². The molecule has 0 unspecified atom stereocenters. The van der Waals surface area contributed by atoms with E-state index in [4.69, 9.17) is 4.74 Å². The molecule has 1 aliphatic carbocycles. The lowest BCUT2D eigenvalue weighted by atomic mass is 10.0. The Labute approximate surface area is 243 Å². The Balaban J connectivity index is 1.72. The molecule has 2 amide bonds. The van der Waals surface area contributed by atoms with Crippen molar-refractivity contribution in [3.05, 3.63) is 95.6 Å². The second-order valence-electron chi connectivity index (χ2n) is 10.7. The van der Waals surface area contributed by atoms with Gasteiger partial charge in [-0.15, -0.1) is 0 Å². The minimum absolute atomic E-state index is 0.0707. The lowest BCUT2D eigenvalue weighted by molar-refractivity contribution is -0.140. The molecule has 41 heavy (non-hydrogen) atoms. The van der Waals surface area contributed by atoms with Crippen molar-refractivity contribution in [3.8, 4) is 5.75 Å². The third-order valence-electron chi connectivity index (χ3n) is 7.47. The fourth-order valence-electron chi connectivity index (χ4n) is 5.19. The number of aryl methyl sites for hydroxylation is 1. The first-order valence-corrected chi connectivity index (χ1v) is 15.8. The average Bonchev–Trinajstić information content (AvgIpc) is 3.47. The van der Waals surface area contributed by atoms with E-state index in [0.717, 1.165) is 52.9 Å². The molecule has 8 nitrogen and oxygen atoms in total. The fourth-order valence-corrected chi connectivity index (χ4v) is 6.03. The van der Waals surface area contributed by atoms with Gasteiger partial charge in [0.1, 0.15) is 18.3 Å². The fraction of sp³-hybridized carbons (Fsp3) is 0.375. The van der Waals surface area contributed by atoms with Crippen molar-refractivity contribution in [3.63, 3.8) is 0 Å². The Hall–Kier alpha value is -3.85. The lowest BCUT2D eigenvalue weighted by Gasteiger charge is -2.34. The monoisotopic (exact) mass is 577 g/mol. The van der Waals surface area contributed by atoms with E-state index in [0.29, 0.717) is 17.9 Å². The maximum atomic E-state index is 14.2. The molecule has 1 fully saturated rings. The summed E-state index contributed by atoms with van der Waals surface area (Å²) in [6.07, 6.45) is 5.31. The number of carbonyl (C=O) groups is 2. The van der Waals surface area contributed by atoms with E-state index in [9.17, 15) is 18.0 Å². The molecular weight excluding hydrogens is 538 g/mol. The summed E-state index contributed by atoms with van der Waals surface area (Å²) in [7, 11) is -2.35. The zero-order valence-electron chi connectivity index (χ0n) is 24.0. The van der Waals surface area contributed by atoms with Crippen LogP contribution < -0.4 is 14.4 Å². The molecule has 0 aromatic heterocycles. The standard InChI is InChI=1S/C32H39N3O5S/c1-24-16-18-26(19-17-24)22-34(31(36)23-35(41(3,38)39)28-14-9-15-29(21-28)40-2)30(20-25-10-5-4-6-11-25)32(37)33-27-12-7-8-13-27/h4-6,9-11,14-19,21,27,30H,7-8,12-13,20,22-23H2,1-3H3,(H,33,37)/t30-/m1/s1. The number of ether oxygens (including phenoxy) is 1. The predicted octanol–water partition coefficient (Wildman–Crippen LogP) is 4.47. The molecule has 0 aliphatic heterocycles. The summed E-state index contributed by atoms with van der Waals surface area (Å²) in [6.45, 7) is 1.68. The normalized spacial score (nSPS) is 14.3. The number of hydrogen-bond acceptors (Lipinski definition) is 5. The number of nitrogens with one attached hydrogen (secondary N) is 1. The van der Waals surface area contributed by atoms with Crippen LogP contribution >= 0.6 is 0 Å². The molecule has 0 heterocycles. The summed E-state index contributed by atoms with van der Waals surface area (Å²) in [5, 5.41) is 3.18. The first kappa shape index (κ1) is 30.1. The number of methoxy groups -OCH3 is 1. The zero-order valence-corrected chi connectivity index (χ0v) is 24.8. The van der Waals surface area contributed by atoms with Gasteiger partial charge < -0.3 is 15.0 Å². The average molecular weight is 578 g/mol. The van der Waals surface area contributed by atoms with Gasteiger partial charge in [-0.05, 0) is 43.0 Å². The zero-order chi connectivity index (χ0) is 29.4. The van der Waals surface area contributed by atoms with Gasteiger partial charge in [0, 0.05) is 25.1 Å². The lowest BCUT2D eigenvalue weighted by Crippen LogP contribution is -2.54. The van der Waals surface area contributed by atoms with Crippen LogP contribution in [0.2, 0.25) is 0 Å². The van der Waals surface area contributed by atoms with Crippen molar-refractivity contribution >= 4 is 27.5 Å². The van der Waals surface area contributed by atoms with Crippen LogP contribution in [0.4, 0.5) is 5.69 Å². The second kappa shape index (κ2) is 13.7. The van der Waals surface area contributed by atoms with Crippen molar-refractivity contribution in [1.82, 2.24) is 10.2 Å². The molecule has 1 N–H and O–H groups in total. The Morgan fingerprint density at radius 3 is 2.27 bits per heavy atom. The Bertz CT molecular complexity index is 1420. The van der Waals surface area contributed by atoms with Gasteiger partial charge in [0.05, 0.1) is 19.1 Å². The highest BCUT2D eigenvalue weighted by molar-refractivity contribution is 7.92. The van der Waals surface area contributed by atoms with Crippen LogP contribution in [-0.2, 0) is 32.6 Å². The van der Waals surface area contributed by atoms with Crippen LogP contribution in [0.15, 0.2) is 78.9 Å². The number of amides is 2. The van der Waals surface area contributed by atoms with E-state index >= 15 is 0 Å². The summed E-state index contributed by atoms with van der Waals surface area (Å²) in [4.78, 5) is 29.6. The molecular formula is C32H39N3O5S. The van der Waals surface area contributed by atoms with Crippen molar-refractivity contribution in [2.45, 2.75) is 57.7 Å². The third-order valence-corrected chi connectivity index (χ3v) is 8.61. The highest BCUT2D eigenvalue weighted by atomic mass is 32.2. The van der Waals surface area contributed by atoms with Gasteiger partial charge in [-0.3, -0.25) is 13.9 Å². The molecule has 0 bridgehead atoms. The maximum absolute atomic E-state index is 14.2. The molecule has 3 aromatic carbocycles. The van der Waals surface area contributed by atoms with Crippen LogP contribution in [0.25, 0.3) is 0 Å². The van der Waals surface area contributed by atoms with Gasteiger partial charge >= 0.3 is 0 Å². The number of rotatable bonds is 12. The predicted molar refractivity (Wildman–Crippen MR) is 161 cm³/mol. The van der Waals surface area contributed by atoms with Gasteiger partial charge in [0.2, 0.25) is 21.8 Å². The first-order chi connectivity index (χ1) is 19.6. The Morgan fingerprint density at radius 1 is 0.951 bits per heavy atom. The van der Waals surface area contributed by atoms with E-state index in [1.54, 1.807) is 24.3 Å². The van der Waals surface area contributed by atoms with Crippen LogP contribution in [0.1, 0.15) is 42.4 Å². The summed E-state index contributed by atoms with van der Waals surface area (Å²) >= 11 is 0. The SMILES string of the molecule is COc1cccc(N(CC(=O)N(Cc2ccc(C)cc2)[C@H](Cc2ccccc2)C(=O)NC2CCCC2)S(C)(=O)=O)c1. The highest BCUT2D eigenvalue weighted by Gasteiger charge is 2.34. The smallest absolute Gasteiger partial charge is 0.244 e. The number of benzene rings is 3. The molecule has 0 spiro atoms. The molecule has 1 aliphatic rings. The molecule has 1 atom stereocenters. The van der Waals surface area contributed by atoms with Crippen LogP contribution in [0, 0.1) is 6.92 Å². The number of anilines is 1. The van der Waals surface area contributed by atoms with Crippen molar-refractivity contribution in [2.75, 3.05) is 24.2 Å². The van der Waals surface area contributed by atoms with Crippen LogP contribution in [-0.4, -0.2) is 57.1 Å². The number of hydrogen-bond donors (Lipinski definition) is 1. The Morgan fingerprint density at radius 2 is 1.63 bits per heavy atom. The Kier molecular flexibility index (Phi) is 10.0. The minimum atomic E-state index is -3.84. The van der Waals surface area contributed by atoms with Gasteiger partial charge in [0.15, 0.2) is 0 Å². The van der Waals surface area contributed by atoms with Gasteiger partial charge in [-0.25, -0.2) is 8.42 Å².